The van der Waals surface area contributed by atoms with E-state index in [1.54, 1.807) is 0 Å². The highest BCUT2D eigenvalue weighted by atomic mass is 35.5. The molecule has 1 amide bonds. The van der Waals surface area contributed by atoms with Gasteiger partial charge in [-0.2, -0.15) is 15.4 Å². The van der Waals surface area contributed by atoms with E-state index >= 15 is 0 Å². The lowest BCUT2D eigenvalue weighted by molar-refractivity contribution is 0.0926. The van der Waals surface area contributed by atoms with Crippen LogP contribution in [0.4, 0.5) is 0 Å². The Kier molecular flexibility index (Phi) is 3.88. The number of halogens is 1. The molecule has 78 valence electrons. The van der Waals surface area contributed by atoms with Gasteiger partial charge in [-0.3, -0.25) is 4.79 Å². The Labute approximate surface area is 87.2 Å². The number of nitrogens with zero attached hydrogens (tertiary/aromatic N) is 2. The zero-order chi connectivity index (χ0) is 10.6. The number of hydrogen-bond acceptors (Lipinski definition) is 3. The van der Waals surface area contributed by atoms with Crippen LogP contribution in [0.1, 0.15) is 24.3 Å². The monoisotopic (exact) mass is 216 g/mol. The Morgan fingerprint density at radius 3 is 2.93 bits per heavy atom. The molecule has 6 heteroatoms. The van der Waals surface area contributed by atoms with Gasteiger partial charge in [0.2, 0.25) is 0 Å². The minimum atomic E-state index is -0.233. The van der Waals surface area contributed by atoms with Gasteiger partial charge in [-0.25, -0.2) is 0 Å². The summed E-state index contributed by atoms with van der Waals surface area (Å²) in [6, 6.07) is 0.0247. The molecule has 0 aliphatic carbocycles. The van der Waals surface area contributed by atoms with Crippen LogP contribution in [0, 0.1) is 5.92 Å². The molecule has 0 saturated carbocycles. The third-order valence-electron chi connectivity index (χ3n) is 2.10. The predicted octanol–water partition coefficient (Wildman–Crippen LogP) is 0.798. The minimum absolute atomic E-state index is 0.0247. The summed E-state index contributed by atoms with van der Waals surface area (Å²) in [5.41, 5.74) is 0.290. The lowest BCUT2D eigenvalue weighted by atomic mass is 10.1. The molecule has 0 spiro atoms. The van der Waals surface area contributed by atoms with Crippen LogP contribution in [-0.4, -0.2) is 33.2 Å². The number of carbonyl (C=O) groups excluding carboxylic acids is 1. The minimum Gasteiger partial charge on any atom is -0.348 e. The quantitative estimate of drug-likeness (QED) is 0.732. The first-order valence-corrected chi connectivity index (χ1v) is 4.91. The molecule has 0 saturated heterocycles. The second kappa shape index (κ2) is 4.95. The summed E-state index contributed by atoms with van der Waals surface area (Å²) < 4.78 is 0. The molecule has 2 unspecified atom stereocenters. The van der Waals surface area contributed by atoms with Crippen molar-refractivity contribution in [1.29, 1.82) is 0 Å². The van der Waals surface area contributed by atoms with Gasteiger partial charge in [-0.05, 0) is 12.8 Å². The fourth-order valence-corrected chi connectivity index (χ4v) is 1.13. The molecule has 5 nitrogen and oxygen atoms in total. The van der Waals surface area contributed by atoms with E-state index in [2.05, 4.69) is 20.7 Å². The van der Waals surface area contributed by atoms with Gasteiger partial charge in [0.25, 0.3) is 5.91 Å². The molecule has 0 fully saturated rings. The van der Waals surface area contributed by atoms with Crippen molar-refractivity contribution >= 4 is 17.5 Å². The Hall–Kier alpha value is -1.10. The normalized spacial score (nSPS) is 14.8. The second-order valence-electron chi connectivity index (χ2n) is 3.25. The fourth-order valence-electron chi connectivity index (χ4n) is 0.868. The van der Waals surface area contributed by atoms with Crippen molar-refractivity contribution in [2.24, 2.45) is 5.92 Å². The van der Waals surface area contributed by atoms with Gasteiger partial charge in [0, 0.05) is 11.9 Å². The number of rotatable bonds is 4. The van der Waals surface area contributed by atoms with Gasteiger partial charge in [0.1, 0.15) is 0 Å². The first kappa shape index (κ1) is 11.0. The molecule has 1 aromatic rings. The van der Waals surface area contributed by atoms with E-state index in [-0.39, 0.29) is 17.9 Å². The van der Waals surface area contributed by atoms with Crippen LogP contribution < -0.4 is 5.32 Å². The largest absolute Gasteiger partial charge is 0.348 e. The number of nitrogens with one attached hydrogen (secondary N) is 2. The molecule has 1 aromatic heterocycles. The molecule has 0 bridgehead atoms. The SMILES string of the molecule is CC(CCl)C(C)NC(=O)c1cn[nH]n1. The van der Waals surface area contributed by atoms with Gasteiger partial charge in [0.05, 0.1) is 6.20 Å². The Balaban J connectivity index is 2.49. The predicted molar refractivity (Wildman–Crippen MR) is 53.2 cm³/mol. The zero-order valence-corrected chi connectivity index (χ0v) is 8.88. The smallest absolute Gasteiger partial charge is 0.273 e. The lowest BCUT2D eigenvalue weighted by Gasteiger charge is -2.18. The average Bonchev–Trinajstić information content (AvgIpc) is 2.69. The van der Waals surface area contributed by atoms with Crippen molar-refractivity contribution in [2.75, 3.05) is 5.88 Å². The molecule has 0 aliphatic rings. The second-order valence-corrected chi connectivity index (χ2v) is 3.56. The third-order valence-corrected chi connectivity index (χ3v) is 2.59. The van der Waals surface area contributed by atoms with Crippen molar-refractivity contribution in [3.8, 4) is 0 Å². The van der Waals surface area contributed by atoms with Crippen LogP contribution in [0.5, 0.6) is 0 Å². The molecule has 0 radical (unpaired) electrons. The summed E-state index contributed by atoms with van der Waals surface area (Å²) in [4.78, 5) is 11.5. The number of H-pyrrole nitrogens is 1. The van der Waals surface area contributed by atoms with E-state index in [0.29, 0.717) is 11.6 Å². The van der Waals surface area contributed by atoms with Crippen molar-refractivity contribution in [3.63, 3.8) is 0 Å². The first-order chi connectivity index (χ1) is 6.65. The molecule has 0 aromatic carbocycles. The van der Waals surface area contributed by atoms with Crippen molar-refractivity contribution in [1.82, 2.24) is 20.7 Å². The maximum atomic E-state index is 11.5. The molecule has 2 N–H and O–H groups in total. The molecule has 1 heterocycles. The molecule has 14 heavy (non-hydrogen) atoms. The molecule has 2 atom stereocenters. The molecular weight excluding hydrogens is 204 g/mol. The van der Waals surface area contributed by atoms with Crippen LogP contribution >= 0.6 is 11.6 Å². The summed E-state index contributed by atoms with van der Waals surface area (Å²) in [7, 11) is 0. The van der Waals surface area contributed by atoms with Gasteiger partial charge in [-0.1, -0.05) is 6.92 Å². The van der Waals surface area contributed by atoms with E-state index in [9.17, 15) is 4.79 Å². The van der Waals surface area contributed by atoms with Crippen LogP contribution in [-0.2, 0) is 0 Å². The number of aromatic amines is 1. The van der Waals surface area contributed by atoms with Crippen LogP contribution in [0.15, 0.2) is 6.20 Å². The van der Waals surface area contributed by atoms with Crippen molar-refractivity contribution in [2.45, 2.75) is 19.9 Å². The van der Waals surface area contributed by atoms with E-state index in [1.165, 1.54) is 6.20 Å². The standard InChI is InChI=1S/C8H13ClN4O/c1-5(3-9)6(2)11-8(14)7-4-10-13-12-7/h4-6H,3H2,1-2H3,(H,11,14)(H,10,12,13). The average molecular weight is 217 g/mol. The van der Waals surface area contributed by atoms with Gasteiger partial charge in [-0.15, -0.1) is 11.6 Å². The maximum absolute atomic E-state index is 11.5. The van der Waals surface area contributed by atoms with Gasteiger partial charge in [0.15, 0.2) is 5.69 Å². The lowest BCUT2D eigenvalue weighted by Crippen LogP contribution is -2.37. The number of alkyl halides is 1. The van der Waals surface area contributed by atoms with E-state index in [1.807, 2.05) is 13.8 Å². The highest BCUT2D eigenvalue weighted by molar-refractivity contribution is 6.18. The number of aromatic nitrogens is 3. The molecule has 0 aliphatic heterocycles. The van der Waals surface area contributed by atoms with Gasteiger partial charge < -0.3 is 5.32 Å². The summed E-state index contributed by atoms with van der Waals surface area (Å²) in [6.07, 6.45) is 1.38. The zero-order valence-electron chi connectivity index (χ0n) is 8.12. The number of carbonyl (C=O) groups is 1. The molecular formula is C8H13ClN4O. The van der Waals surface area contributed by atoms with E-state index in [4.69, 9.17) is 11.6 Å². The number of hydrogen-bond donors (Lipinski definition) is 2. The summed E-state index contributed by atoms with van der Waals surface area (Å²) >= 11 is 5.67. The van der Waals surface area contributed by atoms with E-state index in [0.717, 1.165) is 0 Å². The van der Waals surface area contributed by atoms with Crippen molar-refractivity contribution in [3.05, 3.63) is 11.9 Å². The van der Waals surface area contributed by atoms with E-state index < -0.39 is 0 Å². The topological polar surface area (TPSA) is 70.7 Å². The first-order valence-electron chi connectivity index (χ1n) is 4.37. The fraction of sp³-hybridized carbons (Fsp3) is 0.625. The summed E-state index contributed by atoms with van der Waals surface area (Å²) in [5.74, 6) is 0.510. The molecule has 1 rings (SSSR count). The van der Waals surface area contributed by atoms with Crippen molar-refractivity contribution < 1.29 is 4.79 Å². The number of amides is 1. The Bertz CT molecular complexity index is 288. The highest BCUT2D eigenvalue weighted by Gasteiger charge is 2.16. The summed E-state index contributed by atoms with van der Waals surface area (Å²) in [5, 5.41) is 12.4. The van der Waals surface area contributed by atoms with Gasteiger partial charge >= 0.3 is 0 Å². The maximum Gasteiger partial charge on any atom is 0.273 e. The Morgan fingerprint density at radius 1 is 1.71 bits per heavy atom. The van der Waals surface area contributed by atoms with Crippen LogP contribution in [0.2, 0.25) is 0 Å². The third kappa shape index (κ3) is 2.70. The highest BCUT2D eigenvalue weighted by Crippen LogP contribution is 2.05. The Morgan fingerprint density at radius 2 is 2.43 bits per heavy atom. The van der Waals surface area contributed by atoms with Crippen LogP contribution in [0.25, 0.3) is 0 Å². The van der Waals surface area contributed by atoms with Crippen LogP contribution in [0.3, 0.4) is 0 Å². The summed E-state index contributed by atoms with van der Waals surface area (Å²) in [6.45, 7) is 3.88.